The molecule has 2 aliphatic heterocycles. The molecular weight excluding hydrogens is 690 g/mol. The molecule has 0 aliphatic carbocycles. The van der Waals surface area contributed by atoms with Crippen molar-refractivity contribution < 1.29 is 43.5 Å². The van der Waals surface area contributed by atoms with Gasteiger partial charge in [0.05, 0.1) is 19.1 Å². The summed E-state index contributed by atoms with van der Waals surface area (Å²) in [5, 5.41) is 26.6. The second kappa shape index (κ2) is 17.8. The number of nitrogens with one attached hydrogen (secondary N) is 7. The van der Waals surface area contributed by atoms with Crippen LogP contribution in [0.5, 0.6) is 0 Å². The lowest BCUT2D eigenvalue weighted by Crippen LogP contribution is -2.61. The van der Waals surface area contributed by atoms with Crippen LogP contribution in [-0.4, -0.2) is 118 Å². The van der Waals surface area contributed by atoms with Gasteiger partial charge in [0, 0.05) is 30.1 Å². The molecule has 1 unspecified atom stereocenters. The van der Waals surface area contributed by atoms with Gasteiger partial charge in [-0.25, -0.2) is 0 Å². The molecule has 2 fully saturated rings. The predicted molar refractivity (Wildman–Crippen MR) is 190 cm³/mol. The highest BCUT2D eigenvalue weighted by Gasteiger charge is 2.40. The summed E-state index contributed by atoms with van der Waals surface area (Å²) in [6.45, 7) is 5.81. The monoisotopic (exact) mass is 739 g/mol. The van der Waals surface area contributed by atoms with Crippen LogP contribution in [0.15, 0.2) is 30.5 Å². The van der Waals surface area contributed by atoms with E-state index in [-0.39, 0.29) is 31.7 Å². The van der Waals surface area contributed by atoms with E-state index in [9.17, 15) is 43.5 Å². The van der Waals surface area contributed by atoms with E-state index < -0.39 is 103 Å². The zero-order valence-electron chi connectivity index (χ0n) is 30.2. The van der Waals surface area contributed by atoms with Crippen LogP contribution in [0.25, 0.3) is 10.9 Å². The third-order valence-electron chi connectivity index (χ3n) is 9.19. The lowest BCUT2D eigenvalue weighted by molar-refractivity contribution is -0.144. The molecule has 7 atom stereocenters. The summed E-state index contributed by atoms with van der Waals surface area (Å²) in [5.74, 6) is -6.59. The number of fused-ring (bicyclic) bond motifs is 2. The number of nitrogens with two attached hydrogens (primary N) is 1. The number of hydrogen-bond acceptors (Lipinski definition) is 9. The van der Waals surface area contributed by atoms with Crippen LogP contribution in [0.2, 0.25) is 0 Å². The Balaban J connectivity index is 1.70. The first kappa shape index (κ1) is 40.3. The summed E-state index contributed by atoms with van der Waals surface area (Å²) in [7, 11) is 0. The van der Waals surface area contributed by atoms with Crippen molar-refractivity contribution >= 4 is 58.2 Å². The summed E-state index contributed by atoms with van der Waals surface area (Å²) in [4.78, 5) is 111. The first-order valence-electron chi connectivity index (χ1n) is 17.7. The summed E-state index contributed by atoms with van der Waals surface area (Å²) < 4.78 is 0. The quantitative estimate of drug-likeness (QED) is 0.146. The molecule has 10 N–H and O–H groups in total. The van der Waals surface area contributed by atoms with Gasteiger partial charge in [0.15, 0.2) is 0 Å². The fourth-order valence-corrected chi connectivity index (χ4v) is 6.45. The number of aromatic nitrogens is 1. The van der Waals surface area contributed by atoms with Gasteiger partial charge in [-0.15, -0.1) is 0 Å². The van der Waals surface area contributed by atoms with E-state index in [0.29, 0.717) is 12.0 Å². The minimum atomic E-state index is -1.54. The van der Waals surface area contributed by atoms with Crippen LogP contribution in [-0.2, 0) is 44.8 Å². The van der Waals surface area contributed by atoms with Gasteiger partial charge in [0.2, 0.25) is 47.3 Å². The number of aromatic amines is 1. The molecule has 0 saturated carbocycles. The number of primary amides is 1. The zero-order valence-corrected chi connectivity index (χ0v) is 30.2. The van der Waals surface area contributed by atoms with Crippen molar-refractivity contribution in [2.75, 3.05) is 13.1 Å². The fraction of sp³-hybridized carbons (Fsp3) is 0.543. The number of carbonyl (C=O) groups is 8. The molecule has 8 amide bonds. The minimum absolute atomic E-state index is 0.0731. The molecule has 2 aromatic rings. The number of rotatable bonds is 7. The third-order valence-corrected chi connectivity index (χ3v) is 9.19. The highest BCUT2D eigenvalue weighted by atomic mass is 16.3. The first-order valence-corrected chi connectivity index (χ1v) is 17.7. The first-order chi connectivity index (χ1) is 25.0. The Morgan fingerprint density at radius 3 is 2.21 bits per heavy atom. The lowest BCUT2D eigenvalue weighted by Gasteiger charge is -2.31. The summed E-state index contributed by atoms with van der Waals surface area (Å²) in [6.07, 6.45) is 0.345. The van der Waals surface area contributed by atoms with Crippen molar-refractivity contribution in [3.05, 3.63) is 36.0 Å². The van der Waals surface area contributed by atoms with Crippen LogP contribution in [0.4, 0.5) is 0 Å². The standard InChI is InChI=1S/C35H49N9O9/c1-17(2)12-23-32(50)42-25(14-27(36)46)31(49)39-18(3)30(48)41-24(13-20-15-37-22-9-6-5-8-21(20)22)33(51)43-29(19(4)45)35(53)44-11-7-10-26(44)34(52)38-16-28(47)40-23/h5-6,8-9,15,17-19,23-26,29,37,45H,7,10-14,16H2,1-4H3,(H2,36,46)(H,38,52)(H,39,49)(H,40,47)(H,41,48)(H,42,50)(H,43,51)/t18-,19?,23-,24-,25-,26-,29-/m0/s1. The predicted octanol–water partition coefficient (Wildman–Crippen LogP) is -2.42. The molecule has 2 saturated heterocycles. The zero-order chi connectivity index (χ0) is 39.0. The summed E-state index contributed by atoms with van der Waals surface area (Å²) in [6, 6.07) is -0.641. The molecule has 0 radical (unpaired) electrons. The van der Waals surface area contributed by atoms with Crippen molar-refractivity contribution in [2.24, 2.45) is 11.7 Å². The second-order valence-electron chi connectivity index (χ2n) is 14.0. The SMILES string of the molecule is CC(C)C[C@@H]1NC(=O)CNC(=O)[C@@H]2CCCN2C(=O)[C@H](C(C)O)NC(=O)[C@H](Cc2c[nH]c3ccccc23)NC(=O)[C@H](C)NC(=O)[C@H](CC(N)=O)NC1=O. The van der Waals surface area contributed by atoms with Crippen LogP contribution in [0.1, 0.15) is 58.9 Å². The van der Waals surface area contributed by atoms with E-state index in [2.05, 4.69) is 36.9 Å². The van der Waals surface area contributed by atoms with Gasteiger partial charge in [-0.1, -0.05) is 32.0 Å². The summed E-state index contributed by atoms with van der Waals surface area (Å²) in [5.41, 5.74) is 6.79. The Labute approximate surface area is 306 Å². The molecule has 0 bridgehead atoms. The van der Waals surface area contributed by atoms with Gasteiger partial charge in [0.1, 0.15) is 36.3 Å². The topological polar surface area (TPSA) is 274 Å². The number of hydrogen-bond donors (Lipinski definition) is 9. The highest BCUT2D eigenvalue weighted by molar-refractivity contribution is 5.99. The number of H-pyrrole nitrogens is 1. The van der Waals surface area contributed by atoms with E-state index in [0.717, 1.165) is 10.9 Å². The maximum atomic E-state index is 13.9. The molecule has 4 rings (SSSR count). The number of nitrogens with zero attached hydrogens (tertiary/aromatic N) is 1. The Kier molecular flexibility index (Phi) is 13.5. The Morgan fingerprint density at radius 1 is 0.868 bits per heavy atom. The van der Waals surface area contributed by atoms with Gasteiger partial charge in [-0.05, 0) is 50.7 Å². The van der Waals surface area contributed by atoms with Gasteiger partial charge >= 0.3 is 0 Å². The van der Waals surface area contributed by atoms with E-state index in [1.165, 1.54) is 18.7 Å². The second-order valence-corrected chi connectivity index (χ2v) is 14.0. The van der Waals surface area contributed by atoms with Gasteiger partial charge in [0.25, 0.3) is 0 Å². The van der Waals surface area contributed by atoms with E-state index in [1.807, 2.05) is 18.2 Å². The van der Waals surface area contributed by atoms with Crippen LogP contribution in [0.3, 0.4) is 0 Å². The molecule has 53 heavy (non-hydrogen) atoms. The average Bonchev–Trinajstić information content (AvgIpc) is 3.75. The Hall–Kier alpha value is -5.52. The molecule has 288 valence electrons. The van der Waals surface area contributed by atoms with Crippen molar-refractivity contribution in [1.29, 1.82) is 0 Å². The fourth-order valence-electron chi connectivity index (χ4n) is 6.45. The lowest BCUT2D eigenvalue weighted by atomic mass is 10.0. The van der Waals surface area contributed by atoms with E-state index in [1.54, 1.807) is 26.1 Å². The number of aliphatic hydroxyl groups is 1. The van der Waals surface area contributed by atoms with Crippen LogP contribution < -0.4 is 37.6 Å². The molecule has 0 spiro atoms. The number of para-hydroxylation sites is 1. The number of carbonyl (C=O) groups excluding carboxylic acids is 8. The third kappa shape index (κ3) is 10.5. The van der Waals surface area contributed by atoms with Gasteiger partial charge < -0.3 is 52.6 Å². The van der Waals surface area contributed by atoms with E-state index in [4.69, 9.17) is 5.73 Å². The Bertz CT molecular complexity index is 1720. The van der Waals surface area contributed by atoms with Crippen molar-refractivity contribution in [3.8, 4) is 0 Å². The van der Waals surface area contributed by atoms with Gasteiger partial charge in [-0.3, -0.25) is 38.4 Å². The van der Waals surface area contributed by atoms with Crippen LogP contribution in [0, 0.1) is 5.92 Å². The number of benzene rings is 1. The van der Waals surface area contributed by atoms with Crippen LogP contribution >= 0.6 is 0 Å². The molecular formula is C35H49N9O9. The average molecular weight is 740 g/mol. The van der Waals surface area contributed by atoms with Crippen molar-refractivity contribution in [2.45, 2.75) is 102 Å². The highest BCUT2D eigenvalue weighted by Crippen LogP contribution is 2.21. The molecule has 18 heteroatoms. The number of amides is 8. The molecule has 18 nitrogen and oxygen atoms in total. The Morgan fingerprint density at radius 2 is 1.53 bits per heavy atom. The van der Waals surface area contributed by atoms with Gasteiger partial charge in [-0.2, -0.15) is 0 Å². The summed E-state index contributed by atoms with van der Waals surface area (Å²) >= 11 is 0. The normalized spacial score (nSPS) is 26.4. The molecule has 1 aromatic carbocycles. The molecule has 1 aromatic heterocycles. The molecule has 3 heterocycles. The van der Waals surface area contributed by atoms with Crippen molar-refractivity contribution in [3.63, 3.8) is 0 Å². The molecule has 2 aliphatic rings. The maximum Gasteiger partial charge on any atom is 0.248 e. The maximum absolute atomic E-state index is 13.9. The smallest absolute Gasteiger partial charge is 0.248 e. The largest absolute Gasteiger partial charge is 0.391 e. The van der Waals surface area contributed by atoms with Crippen molar-refractivity contribution in [1.82, 2.24) is 41.8 Å². The number of aliphatic hydroxyl groups excluding tert-OH is 1. The minimum Gasteiger partial charge on any atom is -0.391 e. The van der Waals surface area contributed by atoms with E-state index >= 15 is 0 Å².